The zero-order valence-corrected chi connectivity index (χ0v) is 10.6. The Morgan fingerprint density at radius 3 is 2.44 bits per heavy atom. The second-order valence-electron chi connectivity index (χ2n) is 4.37. The van der Waals surface area contributed by atoms with Gasteiger partial charge in [0.1, 0.15) is 5.82 Å². The summed E-state index contributed by atoms with van der Waals surface area (Å²) in [6.45, 7) is 1.72. The van der Waals surface area contributed by atoms with Gasteiger partial charge in [0.2, 0.25) is 0 Å². The third-order valence-corrected chi connectivity index (χ3v) is 2.43. The molecule has 0 saturated carbocycles. The Bertz CT molecular complexity index is 347. The number of nitrogens with zero attached hydrogens (tertiary/aromatic N) is 2. The second kappa shape index (κ2) is 6.58. The SMILES string of the molecule is CN(C)CCCCNc1ccc(C(F)(F)F)cn1. The van der Waals surface area contributed by atoms with Crippen LogP contribution >= 0.6 is 0 Å². The number of hydrogen-bond donors (Lipinski definition) is 1. The van der Waals surface area contributed by atoms with Gasteiger partial charge in [-0.3, -0.25) is 0 Å². The Morgan fingerprint density at radius 2 is 1.94 bits per heavy atom. The molecule has 0 atom stereocenters. The molecule has 6 heteroatoms. The Hall–Kier alpha value is -1.30. The molecule has 0 radical (unpaired) electrons. The van der Waals surface area contributed by atoms with Crippen LogP contribution in [0, 0.1) is 0 Å². The van der Waals surface area contributed by atoms with Crippen molar-refractivity contribution in [3.05, 3.63) is 23.9 Å². The van der Waals surface area contributed by atoms with Gasteiger partial charge < -0.3 is 10.2 Å². The van der Waals surface area contributed by atoms with Crippen LogP contribution in [0.1, 0.15) is 18.4 Å². The molecule has 0 unspecified atom stereocenters. The van der Waals surface area contributed by atoms with E-state index in [0.717, 1.165) is 31.6 Å². The first-order chi connectivity index (χ1) is 8.39. The average Bonchev–Trinajstić information content (AvgIpc) is 2.27. The molecule has 0 aromatic carbocycles. The Labute approximate surface area is 105 Å². The number of anilines is 1. The van der Waals surface area contributed by atoms with E-state index in [1.165, 1.54) is 6.07 Å². The van der Waals surface area contributed by atoms with E-state index in [0.29, 0.717) is 12.4 Å². The number of hydrogen-bond acceptors (Lipinski definition) is 3. The van der Waals surface area contributed by atoms with E-state index in [4.69, 9.17) is 0 Å². The minimum Gasteiger partial charge on any atom is -0.370 e. The van der Waals surface area contributed by atoms with Crippen LogP contribution in [-0.4, -0.2) is 37.1 Å². The van der Waals surface area contributed by atoms with Crippen LogP contribution < -0.4 is 5.32 Å². The number of rotatable bonds is 6. The normalized spacial score (nSPS) is 11.9. The monoisotopic (exact) mass is 261 g/mol. The highest BCUT2D eigenvalue weighted by atomic mass is 19.4. The predicted octanol–water partition coefficient (Wildman–Crippen LogP) is 2.85. The minimum absolute atomic E-state index is 0.479. The molecule has 0 aliphatic rings. The first-order valence-electron chi connectivity index (χ1n) is 5.81. The highest BCUT2D eigenvalue weighted by molar-refractivity contribution is 5.35. The van der Waals surface area contributed by atoms with Crippen LogP contribution in [0.5, 0.6) is 0 Å². The van der Waals surface area contributed by atoms with Crippen molar-refractivity contribution >= 4 is 5.82 Å². The molecule has 0 aliphatic carbocycles. The minimum atomic E-state index is -4.32. The molecule has 3 nitrogen and oxygen atoms in total. The van der Waals surface area contributed by atoms with Crippen LogP contribution in [0.25, 0.3) is 0 Å². The van der Waals surface area contributed by atoms with E-state index >= 15 is 0 Å². The molecule has 1 heterocycles. The fourth-order valence-electron chi connectivity index (χ4n) is 1.44. The summed E-state index contributed by atoms with van der Waals surface area (Å²) in [5.74, 6) is 0.479. The molecule has 18 heavy (non-hydrogen) atoms. The van der Waals surface area contributed by atoms with Crippen molar-refractivity contribution < 1.29 is 13.2 Å². The van der Waals surface area contributed by atoms with E-state index < -0.39 is 11.7 Å². The molecule has 0 bridgehead atoms. The molecule has 0 saturated heterocycles. The van der Waals surface area contributed by atoms with Crippen molar-refractivity contribution in [3.8, 4) is 0 Å². The van der Waals surface area contributed by atoms with Crippen molar-refractivity contribution in [2.45, 2.75) is 19.0 Å². The zero-order chi connectivity index (χ0) is 13.6. The van der Waals surface area contributed by atoms with E-state index in [1.807, 2.05) is 14.1 Å². The first-order valence-corrected chi connectivity index (χ1v) is 5.81. The Morgan fingerprint density at radius 1 is 1.22 bits per heavy atom. The highest BCUT2D eigenvalue weighted by Crippen LogP contribution is 2.28. The van der Waals surface area contributed by atoms with E-state index in [9.17, 15) is 13.2 Å². The van der Waals surface area contributed by atoms with Crippen LogP contribution in [0.3, 0.4) is 0 Å². The van der Waals surface area contributed by atoms with Gasteiger partial charge >= 0.3 is 6.18 Å². The van der Waals surface area contributed by atoms with Gasteiger partial charge in [-0.1, -0.05) is 0 Å². The summed E-state index contributed by atoms with van der Waals surface area (Å²) in [5, 5.41) is 3.00. The molecular formula is C12H18F3N3. The summed E-state index contributed by atoms with van der Waals surface area (Å²) in [5.41, 5.74) is -0.722. The number of halogens is 3. The van der Waals surface area contributed by atoms with Crippen molar-refractivity contribution in [2.24, 2.45) is 0 Å². The molecule has 0 spiro atoms. The summed E-state index contributed by atoms with van der Waals surface area (Å²) >= 11 is 0. The van der Waals surface area contributed by atoms with Gasteiger partial charge in [0.25, 0.3) is 0 Å². The molecule has 1 N–H and O–H groups in total. The van der Waals surface area contributed by atoms with Crippen molar-refractivity contribution in [1.82, 2.24) is 9.88 Å². The van der Waals surface area contributed by atoms with Crippen molar-refractivity contribution in [3.63, 3.8) is 0 Å². The van der Waals surface area contributed by atoms with Crippen LogP contribution in [0.15, 0.2) is 18.3 Å². The average molecular weight is 261 g/mol. The summed E-state index contributed by atoms with van der Waals surface area (Å²) in [6.07, 6.45) is -1.47. The number of nitrogens with one attached hydrogen (secondary N) is 1. The molecule has 1 aromatic rings. The standard InChI is InChI=1S/C12H18F3N3/c1-18(2)8-4-3-7-16-11-6-5-10(9-17-11)12(13,14)15/h5-6,9H,3-4,7-8H2,1-2H3,(H,16,17). The van der Waals surface area contributed by atoms with Crippen LogP contribution in [-0.2, 0) is 6.18 Å². The molecule has 1 aromatic heterocycles. The predicted molar refractivity (Wildman–Crippen MR) is 65.5 cm³/mol. The van der Waals surface area contributed by atoms with Gasteiger partial charge in [-0.15, -0.1) is 0 Å². The molecular weight excluding hydrogens is 243 g/mol. The maximum Gasteiger partial charge on any atom is 0.417 e. The summed E-state index contributed by atoms with van der Waals surface area (Å²) in [4.78, 5) is 5.83. The Balaban J connectivity index is 2.31. The fourth-order valence-corrected chi connectivity index (χ4v) is 1.44. The lowest BCUT2D eigenvalue weighted by Crippen LogP contribution is -2.14. The summed E-state index contributed by atoms with van der Waals surface area (Å²) in [6, 6.07) is 2.39. The van der Waals surface area contributed by atoms with E-state index in [1.54, 1.807) is 0 Å². The van der Waals surface area contributed by atoms with Crippen LogP contribution in [0.2, 0.25) is 0 Å². The third kappa shape index (κ3) is 5.35. The molecule has 0 aliphatic heterocycles. The van der Waals surface area contributed by atoms with E-state index in [2.05, 4.69) is 15.2 Å². The number of aromatic nitrogens is 1. The van der Waals surface area contributed by atoms with E-state index in [-0.39, 0.29) is 0 Å². The lowest BCUT2D eigenvalue weighted by molar-refractivity contribution is -0.137. The third-order valence-electron chi connectivity index (χ3n) is 2.43. The first kappa shape index (κ1) is 14.8. The topological polar surface area (TPSA) is 28.2 Å². The van der Waals surface area contributed by atoms with Gasteiger partial charge in [-0.2, -0.15) is 13.2 Å². The highest BCUT2D eigenvalue weighted by Gasteiger charge is 2.30. The maximum absolute atomic E-state index is 12.3. The van der Waals surface area contributed by atoms with Gasteiger partial charge in [-0.25, -0.2) is 4.98 Å². The number of alkyl halides is 3. The van der Waals surface area contributed by atoms with Crippen molar-refractivity contribution in [1.29, 1.82) is 0 Å². The summed E-state index contributed by atoms with van der Waals surface area (Å²) < 4.78 is 36.8. The van der Waals surface area contributed by atoms with Gasteiger partial charge in [-0.05, 0) is 45.6 Å². The smallest absolute Gasteiger partial charge is 0.370 e. The molecule has 0 amide bonds. The largest absolute Gasteiger partial charge is 0.417 e. The van der Waals surface area contributed by atoms with Crippen LogP contribution in [0.4, 0.5) is 19.0 Å². The lowest BCUT2D eigenvalue weighted by Gasteiger charge is -2.10. The van der Waals surface area contributed by atoms with Crippen molar-refractivity contribution in [2.75, 3.05) is 32.5 Å². The number of pyridine rings is 1. The number of unbranched alkanes of at least 4 members (excludes halogenated alkanes) is 1. The molecule has 1 rings (SSSR count). The second-order valence-corrected chi connectivity index (χ2v) is 4.37. The maximum atomic E-state index is 12.3. The molecule has 102 valence electrons. The zero-order valence-electron chi connectivity index (χ0n) is 10.6. The van der Waals surface area contributed by atoms with Gasteiger partial charge in [0.15, 0.2) is 0 Å². The fraction of sp³-hybridized carbons (Fsp3) is 0.583. The van der Waals surface area contributed by atoms with Gasteiger partial charge in [0.05, 0.1) is 5.56 Å². The quantitative estimate of drug-likeness (QED) is 0.798. The lowest BCUT2D eigenvalue weighted by atomic mass is 10.2. The molecule has 0 fully saturated rings. The Kier molecular flexibility index (Phi) is 5.40. The summed E-state index contributed by atoms with van der Waals surface area (Å²) in [7, 11) is 4.01. The van der Waals surface area contributed by atoms with Gasteiger partial charge in [0, 0.05) is 12.7 Å².